The molecule has 1 unspecified atom stereocenters. The van der Waals surface area contributed by atoms with E-state index in [0.717, 1.165) is 0 Å². The first-order valence-corrected chi connectivity index (χ1v) is 12.8. The van der Waals surface area contributed by atoms with Crippen molar-refractivity contribution in [1.82, 2.24) is 20.1 Å². The quantitative estimate of drug-likeness (QED) is 0.392. The number of rotatable bonds is 5. The van der Waals surface area contributed by atoms with Crippen LogP contribution in [0, 0.1) is 0 Å². The van der Waals surface area contributed by atoms with Crippen molar-refractivity contribution in [3.8, 4) is 40.0 Å². The Labute approximate surface area is 201 Å². The first-order valence-electron chi connectivity index (χ1n) is 11.0. The maximum atomic E-state index is 12.9. The molecule has 3 aromatic carbocycles. The Balaban J connectivity index is 1.56. The molecule has 1 atom stereocenters. The van der Waals surface area contributed by atoms with Gasteiger partial charge in [-0.2, -0.15) is 0 Å². The Morgan fingerprint density at radius 1 is 0.943 bits per heavy atom. The SMILES string of the molecule is O=C(NC1CCS(=O)(=O)C1)c1cccc(-n2nc(-c3ccccc3O)nc2-c2ccccc2O)c1. The Kier molecular flexibility index (Phi) is 5.73. The molecule has 9 nitrogen and oxygen atoms in total. The zero-order valence-corrected chi connectivity index (χ0v) is 19.3. The maximum absolute atomic E-state index is 12.9. The molecule has 0 aliphatic carbocycles. The highest BCUT2D eigenvalue weighted by atomic mass is 32.2. The molecule has 1 aromatic heterocycles. The van der Waals surface area contributed by atoms with Crippen LogP contribution in [0.25, 0.3) is 28.5 Å². The molecule has 1 aliphatic heterocycles. The second kappa shape index (κ2) is 8.88. The molecule has 4 aromatic rings. The second-order valence-electron chi connectivity index (χ2n) is 8.33. The summed E-state index contributed by atoms with van der Waals surface area (Å²) in [6.07, 6.45) is 0.387. The molecule has 1 saturated heterocycles. The first kappa shape index (κ1) is 22.6. The molecule has 0 saturated carbocycles. The molecule has 35 heavy (non-hydrogen) atoms. The molecule has 3 N–H and O–H groups in total. The van der Waals surface area contributed by atoms with Crippen molar-refractivity contribution < 1.29 is 23.4 Å². The molecule has 2 heterocycles. The predicted octanol–water partition coefficient (Wildman–Crippen LogP) is 2.93. The van der Waals surface area contributed by atoms with Crippen molar-refractivity contribution in [3.63, 3.8) is 0 Å². The lowest BCUT2D eigenvalue weighted by Crippen LogP contribution is -2.35. The van der Waals surface area contributed by atoms with Crippen LogP contribution in [0.2, 0.25) is 0 Å². The van der Waals surface area contributed by atoms with Crippen molar-refractivity contribution in [2.24, 2.45) is 0 Å². The van der Waals surface area contributed by atoms with Crippen molar-refractivity contribution in [2.45, 2.75) is 12.5 Å². The Bertz CT molecular complexity index is 1530. The number of phenols is 2. The standard InChI is InChI=1S/C25H22N4O5S/c30-21-10-3-1-8-19(21)23-27-24(20-9-2-4-11-22(20)31)29(28-23)18-7-5-6-16(14-18)25(32)26-17-12-13-35(33,34)15-17/h1-11,14,17,30-31H,12-13,15H2,(H,26,32). The molecular weight excluding hydrogens is 468 g/mol. The van der Waals surface area contributed by atoms with E-state index in [4.69, 9.17) is 0 Å². The van der Waals surface area contributed by atoms with Gasteiger partial charge in [0.1, 0.15) is 11.5 Å². The summed E-state index contributed by atoms with van der Waals surface area (Å²) in [6.45, 7) is 0. The van der Waals surface area contributed by atoms with Crippen molar-refractivity contribution in [3.05, 3.63) is 78.4 Å². The summed E-state index contributed by atoms with van der Waals surface area (Å²) in [7, 11) is -3.12. The summed E-state index contributed by atoms with van der Waals surface area (Å²) in [5.74, 6) is 0.181. The number of hydrogen-bond acceptors (Lipinski definition) is 7. The van der Waals surface area contributed by atoms with E-state index in [1.807, 2.05) is 0 Å². The van der Waals surface area contributed by atoms with Crippen LogP contribution >= 0.6 is 0 Å². The molecule has 5 rings (SSSR count). The number of para-hydroxylation sites is 2. The van der Waals surface area contributed by atoms with Crippen LogP contribution in [-0.4, -0.2) is 56.9 Å². The molecular formula is C25H22N4O5S. The van der Waals surface area contributed by atoms with Gasteiger partial charge >= 0.3 is 0 Å². The first-order chi connectivity index (χ1) is 16.8. The monoisotopic (exact) mass is 490 g/mol. The van der Waals surface area contributed by atoms with Crippen LogP contribution in [0.1, 0.15) is 16.8 Å². The third-order valence-electron chi connectivity index (χ3n) is 5.82. The van der Waals surface area contributed by atoms with E-state index in [2.05, 4.69) is 15.4 Å². The highest BCUT2D eigenvalue weighted by Gasteiger charge is 2.29. The van der Waals surface area contributed by atoms with Crippen molar-refractivity contribution >= 4 is 15.7 Å². The van der Waals surface area contributed by atoms with Crippen molar-refractivity contribution in [2.75, 3.05) is 11.5 Å². The number of hydrogen-bond donors (Lipinski definition) is 3. The van der Waals surface area contributed by atoms with E-state index in [1.54, 1.807) is 60.7 Å². The average molecular weight is 491 g/mol. The third-order valence-corrected chi connectivity index (χ3v) is 7.59. The van der Waals surface area contributed by atoms with Crippen LogP contribution in [0.3, 0.4) is 0 Å². The van der Waals surface area contributed by atoms with Gasteiger partial charge in [-0.3, -0.25) is 4.79 Å². The normalized spacial score (nSPS) is 16.7. The molecule has 1 amide bonds. The molecule has 10 heteroatoms. The number of nitrogens with one attached hydrogen (secondary N) is 1. The number of aromatic hydroxyl groups is 2. The van der Waals surface area contributed by atoms with E-state index in [0.29, 0.717) is 34.6 Å². The van der Waals surface area contributed by atoms with Crippen LogP contribution in [0.15, 0.2) is 72.8 Å². The second-order valence-corrected chi connectivity index (χ2v) is 10.6. The maximum Gasteiger partial charge on any atom is 0.251 e. The number of nitrogens with zero attached hydrogens (tertiary/aromatic N) is 3. The van der Waals surface area contributed by atoms with E-state index in [-0.39, 0.29) is 34.7 Å². The van der Waals surface area contributed by atoms with Gasteiger partial charge in [0.15, 0.2) is 21.5 Å². The van der Waals surface area contributed by atoms with Gasteiger partial charge in [0.05, 0.1) is 28.3 Å². The molecule has 0 spiro atoms. The summed E-state index contributed by atoms with van der Waals surface area (Å²) in [6, 6.07) is 19.6. The van der Waals surface area contributed by atoms with Gasteiger partial charge in [-0.05, 0) is 48.9 Å². The summed E-state index contributed by atoms with van der Waals surface area (Å²) in [5.41, 5.74) is 1.67. The van der Waals surface area contributed by atoms with E-state index >= 15 is 0 Å². The summed E-state index contributed by atoms with van der Waals surface area (Å²) in [5, 5.41) is 28.1. The van der Waals surface area contributed by atoms with Crippen LogP contribution in [0.4, 0.5) is 0 Å². The van der Waals surface area contributed by atoms with Gasteiger partial charge < -0.3 is 15.5 Å². The number of carbonyl (C=O) groups excluding carboxylic acids is 1. The molecule has 178 valence electrons. The van der Waals surface area contributed by atoms with Gasteiger partial charge in [-0.25, -0.2) is 18.1 Å². The van der Waals surface area contributed by atoms with Gasteiger partial charge in [0, 0.05) is 11.6 Å². The predicted molar refractivity (Wildman–Crippen MR) is 130 cm³/mol. The van der Waals surface area contributed by atoms with Crippen molar-refractivity contribution in [1.29, 1.82) is 0 Å². The number of amides is 1. The zero-order valence-electron chi connectivity index (χ0n) is 18.5. The molecule has 0 bridgehead atoms. The highest BCUT2D eigenvalue weighted by Crippen LogP contribution is 2.33. The number of carbonyl (C=O) groups is 1. The zero-order chi connectivity index (χ0) is 24.6. The van der Waals surface area contributed by atoms with Crippen LogP contribution in [0.5, 0.6) is 11.5 Å². The van der Waals surface area contributed by atoms with Crippen LogP contribution < -0.4 is 5.32 Å². The summed E-state index contributed by atoms with van der Waals surface area (Å²) >= 11 is 0. The number of sulfone groups is 1. The minimum absolute atomic E-state index is 0.00123. The third kappa shape index (κ3) is 4.60. The van der Waals surface area contributed by atoms with Gasteiger partial charge in [-0.1, -0.05) is 30.3 Å². The number of benzene rings is 3. The summed E-state index contributed by atoms with van der Waals surface area (Å²) in [4.78, 5) is 17.4. The fourth-order valence-electron chi connectivity index (χ4n) is 4.06. The Hall–Kier alpha value is -4.18. The Morgan fingerprint density at radius 3 is 2.29 bits per heavy atom. The van der Waals surface area contributed by atoms with Gasteiger partial charge in [0.2, 0.25) is 0 Å². The average Bonchev–Trinajstić information content (AvgIpc) is 3.43. The van der Waals surface area contributed by atoms with E-state index in [1.165, 1.54) is 16.8 Å². The van der Waals surface area contributed by atoms with Crippen LogP contribution in [-0.2, 0) is 9.84 Å². The molecule has 0 radical (unpaired) electrons. The summed E-state index contributed by atoms with van der Waals surface area (Å²) < 4.78 is 25.0. The number of aromatic nitrogens is 3. The van der Waals surface area contributed by atoms with Gasteiger partial charge in [-0.15, -0.1) is 5.10 Å². The lowest BCUT2D eigenvalue weighted by Gasteiger charge is -2.12. The van der Waals surface area contributed by atoms with E-state index in [9.17, 15) is 23.4 Å². The lowest BCUT2D eigenvalue weighted by atomic mass is 10.1. The fourth-order valence-corrected chi connectivity index (χ4v) is 5.74. The van der Waals surface area contributed by atoms with E-state index < -0.39 is 15.9 Å². The van der Waals surface area contributed by atoms with Gasteiger partial charge in [0.25, 0.3) is 5.91 Å². The number of phenolic OH excluding ortho intramolecular Hbond substituents is 2. The fraction of sp³-hybridized carbons (Fsp3) is 0.160. The minimum atomic E-state index is -3.12. The Morgan fingerprint density at radius 2 is 1.63 bits per heavy atom. The lowest BCUT2D eigenvalue weighted by molar-refractivity contribution is 0.0941. The largest absolute Gasteiger partial charge is 0.507 e. The smallest absolute Gasteiger partial charge is 0.251 e. The molecule has 1 fully saturated rings. The highest BCUT2D eigenvalue weighted by molar-refractivity contribution is 7.91. The minimum Gasteiger partial charge on any atom is -0.507 e. The topological polar surface area (TPSA) is 134 Å². The molecule has 1 aliphatic rings.